The van der Waals surface area contributed by atoms with E-state index in [1.165, 1.54) is 30.3 Å². The maximum absolute atomic E-state index is 13.6. The minimum absolute atomic E-state index is 0.0847. The summed E-state index contributed by atoms with van der Waals surface area (Å²) < 4.78 is 31.3. The van der Waals surface area contributed by atoms with E-state index in [1.54, 1.807) is 6.07 Å². The molecule has 0 fully saturated rings. The van der Waals surface area contributed by atoms with E-state index in [1.807, 2.05) is 0 Å². The normalized spacial score (nSPS) is 10.6. The lowest BCUT2D eigenvalue weighted by Gasteiger charge is -1.95. The molecule has 0 aliphatic rings. The van der Waals surface area contributed by atoms with Gasteiger partial charge in [-0.15, -0.1) is 0 Å². The Morgan fingerprint density at radius 3 is 2.43 bits per heavy atom. The van der Waals surface area contributed by atoms with Crippen LogP contribution in [0.25, 0.3) is 11.5 Å². The number of rotatable bonds is 3. The second kappa shape index (κ2) is 5.24. The first-order valence-electron chi connectivity index (χ1n) is 6.04. The van der Waals surface area contributed by atoms with Crippen LogP contribution in [-0.4, -0.2) is 15.9 Å². The Hall–Kier alpha value is -2.89. The van der Waals surface area contributed by atoms with Gasteiger partial charge in [0, 0.05) is 5.56 Å². The van der Waals surface area contributed by atoms with Crippen molar-refractivity contribution in [3.63, 3.8) is 0 Å². The Balaban J connectivity index is 1.93. The highest BCUT2D eigenvalue weighted by Gasteiger charge is 2.19. The summed E-state index contributed by atoms with van der Waals surface area (Å²) in [5, 5.41) is 3.54. The molecule has 0 N–H and O–H groups in total. The van der Waals surface area contributed by atoms with E-state index in [2.05, 4.69) is 10.1 Å². The zero-order valence-corrected chi connectivity index (χ0v) is 10.6. The van der Waals surface area contributed by atoms with Crippen molar-refractivity contribution in [3.05, 3.63) is 71.6 Å². The van der Waals surface area contributed by atoms with Crippen LogP contribution in [0.5, 0.6) is 0 Å². The molecule has 0 spiro atoms. The summed E-state index contributed by atoms with van der Waals surface area (Å²) in [6.07, 6.45) is 0. The third-order valence-corrected chi connectivity index (χ3v) is 2.84. The summed E-state index contributed by atoms with van der Waals surface area (Å²) in [6, 6.07) is 10.8. The molecule has 2 aromatic carbocycles. The van der Waals surface area contributed by atoms with Gasteiger partial charge < -0.3 is 4.52 Å². The Bertz CT molecular complexity index is 797. The fraction of sp³-hybridized carbons (Fsp3) is 0. The molecule has 0 saturated carbocycles. The molecule has 0 amide bonds. The third kappa shape index (κ3) is 2.55. The van der Waals surface area contributed by atoms with Crippen LogP contribution >= 0.6 is 0 Å². The molecule has 0 aliphatic carbocycles. The minimum atomic E-state index is -0.527. The topological polar surface area (TPSA) is 56.0 Å². The van der Waals surface area contributed by atoms with E-state index in [9.17, 15) is 13.6 Å². The van der Waals surface area contributed by atoms with E-state index in [4.69, 9.17) is 4.52 Å². The van der Waals surface area contributed by atoms with Gasteiger partial charge in [-0.3, -0.25) is 4.79 Å². The summed E-state index contributed by atoms with van der Waals surface area (Å²) in [5.41, 5.74) is 0.334. The molecule has 0 unspecified atom stereocenters. The fourth-order valence-electron chi connectivity index (χ4n) is 1.79. The maximum Gasteiger partial charge on any atom is 0.261 e. The van der Waals surface area contributed by atoms with Crippen molar-refractivity contribution in [2.24, 2.45) is 0 Å². The molecular weight excluding hydrogens is 278 g/mol. The standard InChI is InChI=1S/C15H8F2N2O2/c16-10-7-5-9(6-8-10)13(20)14-18-15(21-19-14)11-3-1-2-4-12(11)17/h1-8H. The predicted octanol–water partition coefficient (Wildman–Crippen LogP) is 3.25. The summed E-state index contributed by atoms with van der Waals surface area (Å²) in [7, 11) is 0. The Kier molecular flexibility index (Phi) is 3.27. The highest BCUT2D eigenvalue weighted by Crippen LogP contribution is 2.21. The summed E-state index contributed by atoms with van der Waals surface area (Å²) in [6.45, 7) is 0. The lowest BCUT2D eigenvalue weighted by atomic mass is 10.1. The number of halogens is 2. The number of ketones is 1. The zero-order valence-electron chi connectivity index (χ0n) is 10.6. The van der Waals surface area contributed by atoms with Gasteiger partial charge in [-0.05, 0) is 36.4 Å². The maximum atomic E-state index is 13.6. The second-order valence-electron chi connectivity index (χ2n) is 4.24. The highest BCUT2D eigenvalue weighted by atomic mass is 19.1. The first-order chi connectivity index (χ1) is 10.1. The number of carbonyl (C=O) groups excluding carboxylic acids is 1. The van der Waals surface area contributed by atoms with Crippen LogP contribution in [0.3, 0.4) is 0 Å². The van der Waals surface area contributed by atoms with Gasteiger partial charge in [-0.2, -0.15) is 4.98 Å². The average Bonchev–Trinajstić information content (AvgIpc) is 2.97. The molecule has 21 heavy (non-hydrogen) atoms. The molecule has 1 aromatic heterocycles. The van der Waals surface area contributed by atoms with Gasteiger partial charge in [0.1, 0.15) is 11.6 Å². The van der Waals surface area contributed by atoms with Crippen molar-refractivity contribution in [2.75, 3.05) is 0 Å². The van der Waals surface area contributed by atoms with Gasteiger partial charge in [0.2, 0.25) is 11.6 Å². The second-order valence-corrected chi connectivity index (χ2v) is 4.24. The monoisotopic (exact) mass is 286 g/mol. The van der Waals surface area contributed by atoms with Crippen molar-refractivity contribution >= 4 is 5.78 Å². The van der Waals surface area contributed by atoms with E-state index in [0.29, 0.717) is 0 Å². The molecule has 4 nitrogen and oxygen atoms in total. The molecule has 0 atom stereocenters. The van der Waals surface area contributed by atoms with Crippen LogP contribution in [-0.2, 0) is 0 Å². The number of nitrogens with zero attached hydrogens (tertiary/aromatic N) is 2. The average molecular weight is 286 g/mol. The lowest BCUT2D eigenvalue weighted by molar-refractivity contribution is 0.102. The predicted molar refractivity (Wildman–Crippen MR) is 69.5 cm³/mol. The van der Waals surface area contributed by atoms with E-state index >= 15 is 0 Å². The van der Waals surface area contributed by atoms with Crippen molar-refractivity contribution in [1.82, 2.24) is 10.1 Å². The third-order valence-electron chi connectivity index (χ3n) is 2.84. The van der Waals surface area contributed by atoms with E-state index in [0.717, 1.165) is 12.1 Å². The van der Waals surface area contributed by atoms with Gasteiger partial charge in [-0.25, -0.2) is 8.78 Å². The van der Waals surface area contributed by atoms with Gasteiger partial charge >= 0.3 is 0 Å². The van der Waals surface area contributed by atoms with Crippen LogP contribution in [0.15, 0.2) is 53.1 Å². The van der Waals surface area contributed by atoms with Crippen LogP contribution in [0, 0.1) is 11.6 Å². The van der Waals surface area contributed by atoms with Crippen LogP contribution in [0.4, 0.5) is 8.78 Å². The number of aromatic nitrogens is 2. The van der Waals surface area contributed by atoms with Gasteiger partial charge in [0.05, 0.1) is 5.56 Å². The fourth-order valence-corrected chi connectivity index (χ4v) is 1.79. The summed E-state index contributed by atoms with van der Waals surface area (Å²) >= 11 is 0. The molecule has 3 rings (SSSR count). The number of carbonyl (C=O) groups is 1. The van der Waals surface area contributed by atoms with Gasteiger partial charge in [-0.1, -0.05) is 17.3 Å². The van der Waals surface area contributed by atoms with Crippen molar-refractivity contribution in [3.8, 4) is 11.5 Å². The quantitative estimate of drug-likeness (QED) is 0.693. The number of hydrogen-bond acceptors (Lipinski definition) is 4. The van der Waals surface area contributed by atoms with E-state index < -0.39 is 17.4 Å². The summed E-state index contributed by atoms with van der Waals surface area (Å²) in [4.78, 5) is 16.0. The van der Waals surface area contributed by atoms with E-state index in [-0.39, 0.29) is 22.8 Å². The molecule has 0 saturated heterocycles. The largest absolute Gasteiger partial charge is 0.333 e. The lowest BCUT2D eigenvalue weighted by Crippen LogP contribution is -2.03. The summed E-state index contributed by atoms with van der Waals surface area (Å²) in [5.74, 6) is -1.80. The molecule has 6 heteroatoms. The Morgan fingerprint density at radius 2 is 1.71 bits per heavy atom. The van der Waals surface area contributed by atoms with Gasteiger partial charge in [0.25, 0.3) is 5.89 Å². The first-order valence-corrected chi connectivity index (χ1v) is 6.04. The van der Waals surface area contributed by atoms with Crippen molar-refractivity contribution in [2.45, 2.75) is 0 Å². The first kappa shape index (κ1) is 13.1. The van der Waals surface area contributed by atoms with Crippen LogP contribution in [0.2, 0.25) is 0 Å². The molecule has 3 aromatic rings. The number of benzene rings is 2. The van der Waals surface area contributed by atoms with Crippen LogP contribution in [0.1, 0.15) is 16.2 Å². The SMILES string of the molecule is O=C(c1ccc(F)cc1)c1noc(-c2ccccc2F)n1. The molecule has 0 radical (unpaired) electrons. The van der Waals surface area contributed by atoms with Crippen molar-refractivity contribution in [1.29, 1.82) is 0 Å². The highest BCUT2D eigenvalue weighted by molar-refractivity contribution is 6.06. The molecule has 104 valence electrons. The molecule has 1 heterocycles. The minimum Gasteiger partial charge on any atom is -0.333 e. The smallest absolute Gasteiger partial charge is 0.261 e. The van der Waals surface area contributed by atoms with Gasteiger partial charge in [0.15, 0.2) is 0 Å². The zero-order chi connectivity index (χ0) is 14.8. The molecule has 0 aliphatic heterocycles. The van der Waals surface area contributed by atoms with Crippen LogP contribution < -0.4 is 0 Å². The molecular formula is C15H8F2N2O2. The Morgan fingerprint density at radius 1 is 1.00 bits per heavy atom. The van der Waals surface area contributed by atoms with Crippen molar-refractivity contribution < 1.29 is 18.1 Å². The molecule has 0 bridgehead atoms. The number of hydrogen-bond donors (Lipinski definition) is 0. The Labute approximate surface area is 118 Å².